The van der Waals surface area contributed by atoms with Crippen LogP contribution in [0.25, 0.3) is 0 Å². The molecule has 0 bridgehead atoms. The Labute approximate surface area is 125 Å². The smallest absolute Gasteiger partial charge is 0.225 e. The predicted octanol–water partition coefficient (Wildman–Crippen LogP) is 2.87. The average Bonchev–Trinajstić information content (AvgIpc) is 3.21. The monoisotopic (exact) mass is 292 g/mol. The molecule has 1 N–H and O–H groups in total. The van der Waals surface area contributed by atoms with Crippen molar-refractivity contribution in [2.45, 2.75) is 45.2 Å². The van der Waals surface area contributed by atoms with E-state index in [1.165, 1.54) is 5.56 Å². The average molecular weight is 292 g/mol. The molecule has 20 heavy (non-hydrogen) atoms. The lowest BCUT2D eigenvalue weighted by Crippen LogP contribution is -2.51. The van der Waals surface area contributed by atoms with Crippen LogP contribution in [0.4, 0.5) is 0 Å². The van der Waals surface area contributed by atoms with Crippen molar-refractivity contribution in [1.29, 1.82) is 0 Å². The zero-order valence-electron chi connectivity index (χ0n) is 12.2. The standard InChI is InChI=1S/C16H24N2OS/c1-2-13-10-18(16(19)14-3-4-14)7-5-15(13)17-9-12-6-8-20-11-12/h6,8,11,13-15,17H,2-5,7,9-10H2,1H3/t13-,15-/m0/s1. The second-order valence-corrected chi connectivity index (χ2v) is 6.91. The van der Waals surface area contributed by atoms with Gasteiger partial charge in [-0.15, -0.1) is 0 Å². The van der Waals surface area contributed by atoms with Gasteiger partial charge in [0.25, 0.3) is 0 Å². The number of hydrogen-bond acceptors (Lipinski definition) is 3. The van der Waals surface area contributed by atoms with E-state index in [9.17, 15) is 4.79 Å². The normalized spacial score (nSPS) is 26.8. The third kappa shape index (κ3) is 3.23. The van der Waals surface area contributed by atoms with Crippen LogP contribution in [0.15, 0.2) is 16.8 Å². The number of likely N-dealkylation sites (tertiary alicyclic amines) is 1. The molecule has 0 spiro atoms. The lowest BCUT2D eigenvalue weighted by Gasteiger charge is -2.39. The molecule has 1 aliphatic carbocycles. The summed E-state index contributed by atoms with van der Waals surface area (Å²) >= 11 is 1.75. The molecule has 1 aromatic rings. The SMILES string of the molecule is CC[C@H]1CN(C(=O)C2CC2)CC[C@@H]1NCc1ccsc1. The Morgan fingerprint density at radius 3 is 2.95 bits per heavy atom. The van der Waals surface area contributed by atoms with Crippen molar-refractivity contribution >= 4 is 17.2 Å². The van der Waals surface area contributed by atoms with Gasteiger partial charge >= 0.3 is 0 Å². The van der Waals surface area contributed by atoms with Crippen LogP contribution in [0, 0.1) is 11.8 Å². The number of nitrogens with one attached hydrogen (secondary N) is 1. The zero-order chi connectivity index (χ0) is 13.9. The molecular weight excluding hydrogens is 268 g/mol. The zero-order valence-corrected chi connectivity index (χ0v) is 13.0. The predicted molar refractivity (Wildman–Crippen MR) is 82.6 cm³/mol. The van der Waals surface area contributed by atoms with Crippen LogP contribution in [0.1, 0.15) is 38.2 Å². The quantitative estimate of drug-likeness (QED) is 0.905. The van der Waals surface area contributed by atoms with Gasteiger partial charge in [-0.3, -0.25) is 4.79 Å². The lowest BCUT2D eigenvalue weighted by molar-refractivity contribution is -0.134. The first-order valence-electron chi connectivity index (χ1n) is 7.81. The molecule has 1 aromatic heterocycles. The third-order valence-electron chi connectivity index (χ3n) is 4.65. The van der Waals surface area contributed by atoms with Crippen molar-refractivity contribution in [3.63, 3.8) is 0 Å². The second kappa shape index (κ2) is 6.27. The Morgan fingerprint density at radius 2 is 2.30 bits per heavy atom. The number of piperidine rings is 1. The number of hydrogen-bond donors (Lipinski definition) is 1. The van der Waals surface area contributed by atoms with Gasteiger partial charge in [0.1, 0.15) is 0 Å². The van der Waals surface area contributed by atoms with E-state index < -0.39 is 0 Å². The first-order chi connectivity index (χ1) is 9.78. The number of thiophene rings is 1. The second-order valence-electron chi connectivity index (χ2n) is 6.13. The highest BCUT2D eigenvalue weighted by molar-refractivity contribution is 7.07. The van der Waals surface area contributed by atoms with Gasteiger partial charge in [-0.1, -0.05) is 13.3 Å². The lowest BCUT2D eigenvalue weighted by atomic mass is 9.89. The largest absolute Gasteiger partial charge is 0.342 e. The summed E-state index contributed by atoms with van der Waals surface area (Å²) in [6, 6.07) is 2.74. The fraction of sp³-hybridized carbons (Fsp3) is 0.688. The highest BCUT2D eigenvalue weighted by Crippen LogP contribution is 2.33. The van der Waals surface area contributed by atoms with Gasteiger partial charge in [0.2, 0.25) is 5.91 Å². The molecule has 2 atom stereocenters. The van der Waals surface area contributed by atoms with Crippen LogP contribution in [0.5, 0.6) is 0 Å². The van der Waals surface area contributed by atoms with E-state index in [0.29, 0.717) is 23.8 Å². The Kier molecular flexibility index (Phi) is 4.41. The number of rotatable bonds is 5. The number of carbonyl (C=O) groups is 1. The topological polar surface area (TPSA) is 32.3 Å². The number of nitrogens with zero attached hydrogens (tertiary/aromatic N) is 1. The minimum atomic E-state index is 0.364. The van der Waals surface area contributed by atoms with E-state index in [1.807, 2.05) is 0 Å². The molecule has 1 aliphatic heterocycles. The van der Waals surface area contributed by atoms with Crippen molar-refractivity contribution < 1.29 is 4.79 Å². The summed E-state index contributed by atoms with van der Waals surface area (Å²) in [6.45, 7) is 5.09. The Bertz CT molecular complexity index is 441. The molecule has 0 unspecified atom stereocenters. The maximum absolute atomic E-state index is 12.2. The number of amides is 1. The minimum absolute atomic E-state index is 0.364. The van der Waals surface area contributed by atoms with Crippen LogP contribution >= 0.6 is 11.3 Å². The molecule has 1 saturated carbocycles. The minimum Gasteiger partial charge on any atom is -0.342 e. The van der Waals surface area contributed by atoms with Gasteiger partial charge < -0.3 is 10.2 Å². The van der Waals surface area contributed by atoms with Crippen LogP contribution in [0.3, 0.4) is 0 Å². The summed E-state index contributed by atoms with van der Waals surface area (Å²) in [5.74, 6) is 1.38. The van der Waals surface area contributed by atoms with Crippen molar-refractivity contribution in [3.8, 4) is 0 Å². The van der Waals surface area contributed by atoms with E-state index in [1.54, 1.807) is 11.3 Å². The van der Waals surface area contributed by atoms with Gasteiger partial charge in [0, 0.05) is 31.6 Å². The third-order valence-corrected chi connectivity index (χ3v) is 5.38. The maximum atomic E-state index is 12.2. The fourth-order valence-corrected chi connectivity index (χ4v) is 3.81. The Morgan fingerprint density at radius 1 is 1.45 bits per heavy atom. The van der Waals surface area contributed by atoms with E-state index >= 15 is 0 Å². The van der Waals surface area contributed by atoms with Crippen molar-refractivity contribution in [1.82, 2.24) is 10.2 Å². The van der Waals surface area contributed by atoms with Crippen LogP contribution in [-0.4, -0.2) is 29.9 Å². The van der Waals surface area contributed by atoms with E-state index in [-0.39, 0.29) is 0 Å². The Hall–Kier alpha value is -0.870. The molecule has 3 rings (SSSR count). The van der Waals surface area contributed by atoms with Gasteiger partial charge in [-0.05, 0) is 47.6 Å². The van der Waals surface area contributed by atoms with Gasteiger partial charge in [-0.2, -0.15) is 11.3 Å². The first-order valence-corrected chi connectivity index (χ1v) is 8.75. The molecule has 0 radical (unpaired) electrons. The summed E-state index contributed by atoms with van der Waals surface area (Å²) < 4.78 is 0. The molecular formula is C16H24N2OS. The summed E-state index contributed by atoms with van der Waals surface area (Å²) in [7, 11) is 0. The van der Waals surface area contributed by atoms with Gasteiger partial charge in [-0.25, -0.2) is 0 Å². The summed E-state index contributed by atoms with van der Waals surface area (Å²) in [5.41, 5.74) is 1.38. The van der Waals surface area contributed by atoms with Crippen molar-refractivity contribution in [2.24, 2.45) is 11.8 Å². The summed E-state index contributed by atoms with van der Waals surface area (Å²) in [6.07, 6.45) is 4.48. The molecule has 2 heterocycles. The molecule has 110 valence electrons. The molecule has 3 nitrogen and oxygen atoms in total. The molecule has 0 aromatic carbocycles. The van der Waals surface area contributed by atoms with Gasteiger partial charge in [0.15, 0.2) is 0 Å². The number of carbonyl (C=O) groups excluding carboxylic acids is 1. The summed E-state index contributed by atoms with van der Waals surface area (Å²) in [5, 5.41) is 8.04. The molecule has 1 saturated heterocycles. The Balaban J connectivity index is 1.52. The molecule has 2 fully saturated rings. The van der Waals surface area contributed by atoms with Crippen molar-refractivity contribution in [2.75, 3.05) is 13.1 Å². The maximum Gasteiger partial charge on any atom is 0.225 e. The highest BCUT2D eigenvalue weighted by atomic mass is 32.1. The summed E-state index contributed by atoms with van der Waals surface area (Å²) in [4.78, 5) is 14.3. The van der Waals surface area contributed by atoms with E-state index in [2.05, 4.69) is 34.0 Å². The highest BCUT2D eigenvalue weighted by Gasteiger charge is 2.37. The molecule has 2 aliphatic rings. The molecule has 1 amide bonds. The van der Waals surface area contributed by atoms with Crippen LogP contribution < -0.4 is 5.32 Å². The fourth-order valence-electron chi connectivity index (χ4n) is 3.15. The van der Waals surface area contributed by atoms with E-state index in [4.69, 9.17) is 0 Å². The van der Waals surface area contributed by atoms with E-state index in [0.717, 1.165) is 45.3 Å². The molecule has 4 heteroatoms. The van der Waals surface area contributed by atoms with Crippen LogP contribution in [-0.2, 0) is 11.3 Å². The van der Waals surface area contributed by atoms with Gasteiger partial charge in [0.05, 0.1) is 0 Å². The van der Waals surface area contributed by atoms with Crippen molar-refractivity contribution in [3.05, 3.63) is 22.4 Å². The first kappa shape index (κ1) is 14.1. The van der Waals surface area contributed by atoms with Crippen LogP contribution in [0.2, 0.25) is 0 Å².